The van der Waals surface area contributed by atoms with Crippen molar-refractivity contribution in [2.45, 2.75) is 6.92 Å². The van der Waals surface area contributed by atoms with E-state index < -0.39 is 0 Å². The minimum atomic E-state index is 0. The maximum atomic E-state index is 7.98. The molecule has 0 saturated carbocycles. The van der Waals surface area contributed by atoms with E-state index in [4.69, 9.17) is 5.11 Å². The average Bonchev–Trinajstić information content (AvgIpc) is 1.41. The maximum absolute atomic E-state index is 7.98. The van der Waals surface area contributed by atoms with Crippen LogP contribution in [0.25, 0.3) is 0 Å². The molecule has 6 heavy (non-hydrogen) atoms. The number of allylic oxidation sites excluding steroid dienone is 1. The molecule has 1 nitrogen and oxygen atoms in total. The van der Waals surface area contributed by atoms with Crippen LogP contribution in [-0.2, 0) is 0 Å². The largest absolute Gasteiger partial charge is 1.00 e. The number of hydrogen-bond acceptors (Lipinski definition) is 1. The van der Waals surface area contributed by atoms with E-state index in [0.717, 1.165) is 0 Å². The molecule has 0 saturated heterocycles. The quantitative estimate of drug-likeness (QED) is 0.287. The Hall–Kier alpha value is 0.700. The molecule has 0 rings (SSSR count). The van der Waals surface area contributed by atoms with Crippen LogP contribution in [0.15, 0.2) is 12.2 Å². The first-order valence-corrected chi connectivity index (χ1v) is 1.64. The van der Waals surface area contributed by atoms with E-state index in [-0.39, 0.29) is 37.6 Å². The van der Waals surface area contributed by atoms with E-state index in [1.54, 1.807) is 12.2 Å². The molecule has 0 radical (unpaired) electrons. The molecular formula is C4H9NaO. The number of aliphatic hydroxyl groups is 1. The van der Waals surface area contributed by atoms with Crippen LogP contribution in [0.4, 0.5) is 0 Å². The van der Waals surface area contributed by atoms with Crippen LogP contribution in [0, 0.1) is 0 Å². The molecule has 0 bridgehead atoms. The Labute approximate surface area is 61.8 Å². The Balaban J connectivity index is -0.0000000800. The predicted molar refractivity (Wildman–Crippen MR) is 23.0 cm³/mol. The molecule has 0 amide bonds. The van der Waals surface area contributed by atoms with E-state index in [2.05, 4.69) is 0 Å². The third-order valence-corrected chi connectivity index (χ3v) is 0.341. The molecule has 1 N–H and O–H groups in total. The van der Waals surface area contributed by atoms with Crippen LogP contribution in [0.2, 0.25) is 0 Å². The van der Waals surface area contributed by atoms with Gasteiger partial charge in [0.25, 0.3) is 0 Å². The molecule has 0 fully saturated rings. The van der Waals surface area contributed by atoms with Gasteiger partial charge in [0.1, 0.15) is 0 Å². The summed E-state index contributed by atoms with van der Waals surface area (Å²) >= 11 is 0. The fourth-order valence-electron chi connectivity index (χ4n) is 0.105. The van der Waals surface area contributed by atoms with Crippen molar-refractivity contribution >= 4 is 0 Å². The van der Waals surface area contributed by atoms with E-state index in [1.165, 1.54) is 0 Å². The monoisotopic (exact) mass is 96.1 g/mol. The molecule has 0 aliphatic heterocycles. The minimum Gasteiger partial charge on any atom is -1.00 e. The van der Waals surface area contributed by atoms with Crippen molar-refractivity contribution in [3.63, 3.8) is 0 Å². The van der Waals surface area contributed by atoms with Gasteiger partial charge < -0.3 is 6.53 Å². The van der Waals surface area contributed by atoms with Gasteiger partial charge in [0, 0.05) is 0 Å². The fourth-order valence-corrected chi connectivity index (χ4v) is 0.105. The summed E-state index contributed by atoms with van der Waals surface area (Å²) in [5, 5.41) is 7.98. The van der Waals surface area contributed by atoms with Gasteiger partial charge in [-0.3, -0.25) is 0 Å². The van der Waals surface area contributed by atoms with Crippen LogP contribution in [0.1, 0.15) is 8.35 Å². The molecule has 0 aromatic carbocycles. The number of hydrogen-bond donors (Lipinski definition) is 1. The summed E-state index contributed by atoms with van der Waals surface area (Å²) in [4.78, 5) is 0. The standard InChI is InChI=1S/C4H8O.Na.H/c1-2-3-4-5;;/h2-3,5H,4H2,1H3;;/q;+1;-1. The predicted octanol–water partition coefficient (Wildman–Crippen LogP) is -2.33. The molecule has 2 heteroatoms. The van der Waals surface area contributed by atoms with E-state index in [1.807, 2.05) is 6.92 Å². The average molecular weight is 96.1 g/mol. The number of aliphatic hydroxyl groups excluding tert-OH is 1. The van der Waals surface area contributed by atoms with Crippen molar-refractivity contribution < 1.29 is 36.1 Å². The summed E-state index contributed by atoms with van der Waals surface area (Å²) in [6.45, 7) is 2.03. The Morgan fingerprint density at radius 2 is 2.33 bits per heavy atom. The first-order chi connectivity index (χ1) is 2.41. The Kier molecular flexibility index (Phi) is 15.1. The zero-order chi connectivity index (χ0) is 4.12. The third kappa shape index (κ3) is 8.83. The van der Waals surface area contributed by atoms with Gasteiger partial charge >= 0.3 is 29.6 Å². The molecule has 0 aromatic heterocycles. The third-order valence-electron chi connectivity index (χ3n) is 0.341. The summed E-state index contributed by atoms with van der Waals surface area (Å²) in [6, 6.07) is 0. The van der Waals surface area contributed by atoms with E-state index in [9.17, 15) is 0 Å². The zero-order valence-electron chi connectivity index (χ0n) is 5.31. The van der Waals surface area contributed by atoms with Gasteiger partial charge in [0.15, 0.2) is 0 Å². The summed E-state index contributed by atoms with van der Waals surface area (Å²) in [7, 11) is 0. The molecule has 0 aromatic rings. The van der Waals surface area contributed by atoms with Crippen molar-refractivity contribution in [1.82, 2.24) is 0 Å². The normalized spacial score (nSPS) is 8.33. The first-order valence-electron chi connectivity index (χ1n) is 1.64. The summed E-state index contributed by atoms with van der Waals surface area (Å²) in [5.41, 5.74) is 0. The maximum Gasteiger partial charge on any atom is 1.00 e. The van der Waals surface area contributed by atoms with Gasteiger partial charge in [-0.1, -0.05) is 12.2 Å². The summed E-state index contributed by atoms with van der Waals surface area (Å²) in [6.07, 6.45) is 3.49. The molecule has 0 atom stereocenters. The van der Waals surface area contributed by atoms with Gasteiger partial charge in [-0.2, -0.15) is 0 Å². The van der Waals surface area contributed by atoms with Crippen molar-refractivity contribution in [1.29, 1.82) is 0 Å². The second-order valence-electron chi connectivity index (χ2n) is 0.752. The summed E-state index contributed by atoms with van der Waals surface area (Å²) < 4.78 is 0. The second kappa shape index (κ2) is 9.20. The molecule has 32 valence electrons. The number of rotatable bonds is 1. The van der Waals surface area contributed by atoms with Crippen LogP contribution < -0.4 is 29.6 Å². The molecule has 0 spiro atoms. The Bertz CT molecular complexity index is 38.7. The molecule has 0 aliphatic carbocycles. The first kappa shape index (κ1) is 9.85. The van der Waals surface area contributed by atoms with Gasteiger partial charge in [-0.15, -0.1) is 0 Å². The van der Waals surface area contributed by atoms with Crippen molar-refractivity contribution in [3.8, 4) is 0 Å². The zero-order valence-corrected chi connectivity index (χ0v) is 6.31. The van der Waals surface area contributed by atoms with Crippen LogP contribution in [0.5, 0.6) is 0 Å². The van der Waals surface area contributed by atoms with Crippen molar-refractivity contribution in [3.05, 3.63) is 12.2 Å². The van der Waals surface area contributed by atoms with Gasteiger partial charge in [0.05, 0.1) is 6.61 Å². The van der Waals surface area contributed by atoms with Crippen molar-refractivity contribution in [2.75, 3.05) is 6.61 Å². The van der Waals surface area contributed by atoms with Gasteiger partial charge in [-0.25, -0.2) is 0 Å². The van der Waals surface area contributed by atoms with E-state index >= 15 is 0 Å². The Morgan fingerprint density at radius 3 is 2.33 bits per heavy atom. The Morgan fingerprint density at radius 1 is 1.83 bits per heavy atom. The van der Waals surface area contributed by atoms with E-state index in [0.29, 0.717) is 0 Å². The summed E-state index contributed by atoms with van der Waals surface area (Å²) in [5.74, 6) is 0. The van der Waals surface area contributed by atoms with Gasteiger partial charge in [-0.05, 0) is 6.92 Å². The smallest absolute Gasteiger partial charge is 1.00 e. The molecule has 0 aliphatic rings. The van der Waals surface area contributed by atoms with Crippen LogP contribution in [0.3, 0.4) is 0 Å². The second-order valence-corrected chi connectivity index (χ2v) is 0.752. The SMILES string of the molecule is CC=CCO.[H-].[Na+]. The van der Waals surface area contributed by atoms with Crippen molar-refractivity contribution in [2.24, 2.45) is 0 Å². The van der Waals surface area contributed by atoms with Crippen LogP contribution in [-0.4, -0.2) is 11.7 Å². The van der Waals surface area contributed by atoms with Gasteiger partial charge in [0.2, 0.25) is 0 Å². The topological polar surface area (TPSA) is 20.2 Å². The molecule has 0 unspecified atom stereocenters. The minimum absolute atomic E-state index is 0. The van der Waals surface area contributed by atoms with Crippen LogP contribution >= 0.6 is 0 Å². The molecular weight excluding hydrogens is 87.0 g/mol. The molecule has 0 heterocycles. The fraction of sp³-hybridized carbons (Fsp3) is 0.500.